The molecule has 0 spiro atoms. The van der Waals surface area contributed by atoms with Crippen LogP contribution in [-0.4, -0.2) is 67.9 Å². The van der Waals surface area contributed by atoms with Crippen LogP contribution in [0.2, 0.25) is 0 Å². The minimum atomic E-state index is -3.69. The number of hydrogen-bond donors (Lipinski definition) is 3. The molecule has 4 N–H and O–H groups in total. The molecule has 2 atom stereocenters. The third-order valence-corrected chi connectivity index (χ3v) is 7.31. The number of nitrogens with two attached hydrogens (primary N) is 1. The number of likely N-dealkylation sites (tertiary alicyclic amines) is 1. The lowest BCUT2D eigenvalue weighted by molar-refractivity contribution is -0.142. The van der Waals surface area contributed by atoms with E-state index in [1.807, 2.05) is 48.5 Å². The second-order valence-electron chi connectivity index (χ2n) is 8.89. The molecule has 1 fully saturated rings. The first-order valence-corrected chi connectivity index (χ1v) is 13.0. The maximum absolute atomic E-state index is 12.9. The summed E-state index contributed by atoms with van der Waals surface area (Å²) in [6.07, 6.45) is -1.10. The van der Waals surface area contributed by atoms with E-state index in [2.05, 4.69) is 5.32 Å². The number of sulfonamides is 1. The Hall–Kier alpha value is -3.44. The smallest absolute Gasteiger partial charge is 0.407 e. The van der Waals surface area contributed by atoms with Gasteiger partial charge in [0, 0.05) is 19.0 Å². The Morgan fingerprint density at radius 1 is 1.09 bits per heavy atom. The van der Waals surface area contributed by atoms with Crippen LogP contribution in [0.3, 0.4) is 0 Å². The number of carbonyl (C=O) groups is 3. The second-order valence-corrected chi connectivity index (χ2v) is 10.5. The van der Waals surface area contributed by atoms with E-state index < -0.39 is 40.5 Å². The van der Waals surface area contributed by atoms with Gasteiger partial charge in [-0.15, -0.1) is 0 Å². The largest absolute Gasteiger partial charge is 0.481 e. The Labute approximate surface area is 203 Å². The van der Waals surface area contributed by atoms with Gasteiger partial charge in [0.1, 0.15) is 12.6 Å². The van der Waals surface area contributed by atoms with Crippen LogP contribution >= 0.6 is 0 Å². The number of nitrogens with one attached hydrogen (secondary N) is 1. The zero-order valence-electron chi connectivity index (χ0n) is 18.9. The van der Waals surface area contributed by atoms with Crippen molar-refractivity contribution in [3.8, 4) is 11.1 Å². The molecule has 2 aromatic rings. The van der Waals surface area contributed by atoms with Gasteiger partial charge in [0.15, 0.2) is 0 Å². The highest BCUT2D eigenvalue weighted by atomic mass is 32.2. The molecular formula is C24H27N3O7S. The van der Waals surface area contributed by atoms with Crippen molar-refractivity contribution in [1.82, 2.24) is 10.2 Å². The van der Waals surface area contributed by atoms with Gasteiger partial charge >= 0.3 is 12.1 Å². The molecule has 4 rings (SSSR count). The van der Waals surface area contributed by atoms with Gasteiger partial charge in [-0.25, -0.2) is 18.4 Å². The number of nitrogens with zero attached hydrogens (tertiary/aromatic N) is 1. The number of primary sulfonamides is 1. The molecule has 2 aromatic carbocycles. The van der Waals surface area contributed by atoms with E-state index in [9.17, 15) is 27.9 Å². The van der Waals surface area contributed by atoms with Gasteiger partial charge in [-0.1, -0.05) is 48.5 Å². The van der Waals surface area contributed by atoms with E-state index >= 15 is 0 Å². The van der Waals surface area contributed by atoms with Crippen LogP contribution in [0.5, 0.6) is 0 Å². The van der Waals surface area contributed by atoms with Crippen molar-refractivity contribution < 1.29 is 32.6 Å². The first-order chi connectivity index (χ1) is 16.6. The van der Waals surface area contributed by atoms with Gasteiger partial charge in [0.05, 0.1) is 12.2 Å². The number of amides is 2. The summed E-state index contributed by atoms with van der Waals surface area (Å²) in [6.45, 7) is 0.396. The van der Waals surface area contributed by atoms with Crippen molar-refractivity contribution in [3.05, 3.63) is 59.7 Å². The number of rotatable bonds is 8. The van der Waals surface area contributed by atoms with Crippen LogP contribution in [0.1, 0.15) is 29.9 Å². The Kier molecular flexibility index (Phi) is 7.08. The zero-order chi connectivity index (χ0) is 25.2. The Balaban J connectivity index is 1.40. The minimum absolute atomic E-state index is 0.0218. The number of hydrogen-bond acceptors (Lipinski definition) is 6. The van der Waals surface area contributed by atoms with E-state index in [4.69, 9.17) is 9.88 Å². The van der Waals surface area contributed by atoms with Gasteiger partial charge in [-0.05, 0) is 34.6 Å². The van der Waals surface area contributed by atoms with Crippen molar-refractivity contribution in [2.75, 3.05) is 25.4 Å². The molecule has 186 valence electrons. The van der Waals surface area contributed by atoms with Crippen LogP contribution in [0.15, 0.2) is 48.5 Å². The second kappa shape index (κ2) is 10.0. The van der Waals surface area contributed by atoms with Crippen molar-refractivity contribution in [2.45, 2.75) is 24.8 Å². The van der Waals surface area contributed by atoms with Crippen molar-refractivity contribution in [2.24, 2.45) is 11.1 Å². The Bertz CT molecular complexity index is 1200. The molecule has 2 unspecified atom stereocenters. The molecule has 1 aliphatic heterocycles. The molecule has 11 heteroatoms. The number of carboxylic acid groups (broad SMARTS) is 1. The lowest BCUT2D eigenvalue weighted by Gasteiger charge is -2.23. The maximum atomic E-state index is 12.9. The van der Waals surface area contributed by atoms with Gasteiger partial charge in [0.2, 0.25) is 15.9 Å². The van der Waals surface area contributed by atoms with Gasteiger partial charge in [0.25, 0.3) is 0 Å². The standard InChI is InChI=1S/C24H27N3O7S/c25-35(32,33)14-15-9-10-27(12-15)23(30)21(11-22(28)29)26-24(31)34-13-20-18-7-3-1-5-16(18)17-6-2-4-8-19(17)20/h1-8,15,20-21H,9-14H2,(H,26,31)(H,28,29)(H2,25,32,33). The first kappa shape index (κ1) is 24.7. The molecule has 2 aliphatic rings. The highest BCUT2D eigenvalue weighted by Crippen LogP contribution is 2.44. The van der Waals surface area contributed by atoms with Gasteiger partial charge < -0.3 is 20.1 Å². The third kappa shape index (κ3) is 5.80. The molecule has 2 amide bonds. The number of carbonyl (C=O) groups excluding carboxylic acids is 2. The number of alkyl carbamates (subject to hydrolysis) is 1. The molecular weight excluding hydrogens is 474 g/mol. The zero-order valence-corrected chi connectivity index (χ0v) is 19.7. The number of ether oxygens (including phenoxy) is 1. The summed E-state index contributed by atoms with van der Waals surface area (Å²) in [7, 11) is -3.69. The SMILES string of the molecule is NS(=O)(=O)CC1CCN(C(=O)C(CC(=O)O)NC(=O)OCC2c3ccccc3-c3ccccc32)C1. The lowest BCUT2D eigenvalue weighted by Crippen LogP contribution is -2.49. The van der Waals surface area contributed by atoms with Crippen molar-refractivity contribution in [3.63, 3.8) is 0 Å². The highest BCUT2D eigenvalue weighted by molar-refractivity contribution is 7.89. The quantitative estimate of drug-likeness (QED) is 0.495. The molecule has 0 radical (unpaired) electrons. The van der Waals surface area contributed by atoms with Crippen LogP contribution in [0.25, 0.3) is 11.1 Å². The van der Waals surface area contributed by atoms with E-state index in [0.29, 0.717) is 6.42 Å². The average Bonchev–Trinajstić information content (AvgIpc) is 3.38. The summed E-state index contributed by atoms with van der Waals surface area (Å²) in [6, 6.07) is 14.4. The molecule has 10 nitrogen and oxygen atoms in total. The Morgan fingerprint density at radius 2 is 1.69 bits per heavy atom. The fraction of sp³-hybridized carbons (Fsp3) is 0.375. The van der Waals surface area contributed by atoms with Crippen LogP contribution in [0.4, 0.5) is 4.79 Å². The highest BCUT2D eigenvalue weighted by Gasteiger charge is 2.35. The van der Waals surface area contributed by atoms with Gasteiger partial charge in [-0.3, -0.25) is 9.59 Å². The molecule has 0 bridgehead atoms. The van der Waals surface area contributed by atoms with E-state index in [0.717, 1.165) is 22.3 Å². The molecule has 0 aromatic heterocycles. The topological polar surface area (TPSA) is 156 Å². The number of carboxylic acids is 1. The molecule has 1 saturated heterocycles. The van der Waals surface area contributed by atoms with E-state index in [1.165, 1.54) is 4.90 Å². The number of aliphatic carboxylic acids is 1. The number of benzene rings is 2. The Morgan fingerprint density at radius 3 is 2.26 bits per heavy atom. The summed E-state index contributed by atoms with van der Waals surface area (Å²) >= 11 is 0. The van der Waals surface area contributed by atoms with Crippen LogP contribution in [-0.2, 0) is 24.3 Å². The normalized spacial score (nSPS) is 18.0. The average molecular weight is 502 g/mol. The van der Waals surface area contributed by atoms with Crippen LogP contribution < -0.4 is 10.5 Å². The predicted octanol–water partition coefficient (Wildman–Crippen LogP) is 1.51. The van der Waals surface area contributed by atoms with Crippen molar-refractivity contribution in [1.29, 1.82) is 0 Å². The summed E-state index contributed by atoms with van der Waals surface area (Å²) in [4.78, 5) is 38.2. The summed E-state index contributed by atoms with van der Waals surface area (Å²) in [5.74, 6) is -2.64. The van der Waals surface area contributed by atoms with Crippen LogP contribution in [0, 0.1) is 5.92 Å². The van der Waals surface area contributed by atoms with Gasteiger partial charge in [-0.2, -0.15) is 0 Å². The summed E-state index contributed by atoms with van der Waals surface area (Å²) in [5, 5.41) is 16.7. The minimum Gasteiger partial charge on any atom is -0.481 e. The molecule has 35 heavy (non-hydrogen) atoms. The molecule has 1 aliphatic carbocycles. The third-order valence-electron chi connectivity index (χ3n) is 6.38. The van der Waals surface area contributed by atoms with E-state index in [1.54, 1.807) is 0 Å². The fourth-order valence-corrected chi connectivity index (χ4v) is 5.80. The maximum Gasteiger partial charge on any atom is 0.407 e. The first-order valence-electron chi connectivity index (χ1n) is 11.2. The fourth-order valence-electron chi connectivity index (χ4n) is 4.87. The molecule has 1 heterocycles. The molecule has 0 saturated carbocycles. The van der Waals surface area contributed by atoms with E-state index in [-0.39, 0.29) is 37.3 Å². The monoisotopic (exact) mass is 501 g/mol. The summed E-state index contributed by atoms with van der Waals surface area (Å²) < 4.78 is 28.1. The van der Waals surface area contributed by atoms with Crippen molar-refractivity contribution >= 4 is 28.0 Å². The predicted molar refractivity (Wildman–Crippen MR) is 127 cm³/mol. The summed E-state index contributed by atoms with van der Waals surface area (Å²) in [5.41, 5.74) is 4.19. The number of fused-ring (bicyclic) bond motifs is 3. The lowest BCUT2D eigenvalue weighted by atomic mass is 9.98.